The maximum Gasteiger partial charge on any atom is 0.270 e. The van der Waals surface area contributed by atoms with Crippen LogP contribution in [0.4, 0.5) is 5.69 Å². The third kappa shape index (κ3) is 2.22. The van der Waals surface area contributed by atoms with Gasteiger partial charge in [-0.15, -0.1) is 0 Å². The standard InChI is InChI=1S/C13H21N3O2/c1-3-5-13(18)8-16(9-13)12(17)11-6-10(14)7-15(11)4-2/h6-7,18H,3-5,8-9,14H2,1-2H3. The zero-order chi connectivity index (χ0) is 13.3. The fourth-order valence-corrected chi connectivity index (χ4v) is 2.57. The number of hydrogen-bond acceptors (Lipinski definition) is 3. The smallest absolute Gasteiger partial charge is 0.270 e. The number of carbonyl (C=O) groups excluding carboxylic acids is 1. The van der Waals surface area contributed by atoms with Crippen molar-refractivity contribution >= 4 is 11.6 Å². The summed E-state index contributed by atoms with van der Waals surface area (Å²) in [7, 11) is 0. The monoisotopic (exact) mass is 251 g/mol. The Balaban J connectivity index is 2.05. The molecule has 1 aliphatic heterocycles. The highest BCUT2D eigenvalue weighted by molar-refractivity contribution is 5.94. The second-order valence-corrected chi connectivity index (χ2v) is 5.08. The van der Waals surface area contributed by atoms with Gasteiger partial charge in [0.25, 0.3) is 5.91 Å². The number of aliphatic hydroxyl groups is 1. The first-order valence-electron chi connectivity index (χ1n) is 6.46. The number of β-amino-alcohol motifs (C(OH)–C–C–N with tert-alkyl or cyclic N) is 1. The molecular formula is C13H21N3O2. The van der Waals surface area contributed by atoms with E-state index in [-0.39, 0.29) is 5.91 Å². The molecule has 1 aromatic rings. The third-order valence-electron chi connectivity index (χ3n) is 3.45. The Hall–Kier alpha value is -1.49. The highest BCUT2D eigenvalue weighted by atomic mass is 16.3. The van der Waals surface area contributed by atoms with Gasteiger partial charge in [0.15, 0.2) is 0 Å². The normalized spacial score (nSPS) is 17.6. The fourth-order valence-electron chi connectivity index (χ4n) is 2.57. The minimum atomic E-state index is -0.681. The molecule has 0 spiro atoms. The predicted octanol–water partition coefficient (Wildman–Crippen LogP) is 1.08. The van der Waals surface area contributed by atoms with Gasteiger partial charge in [-0.2, -0.15) is 0 Å². The molecule has 0 aliphatic carbocycles. The summed E-state index contributed by atoms with van der Waals surface area (Å²) in [6.07, 6.45) is 3.44. The van der Waals surface area contributed by atoms with Gasteiger partial charge in [0.2, 0.25) is 0 Å². The Morgan fingerprint density at radius 3 is 2.72 bits per heavy atom. The lowest BCUT2D eigenvalue weighted by Gasteiger charge is -2.46. The van der Waals surface area contributed by atoms with Crippen LogP contribution in [0.25, 0.3) is 0 Å². The van der Waals surface area contributed by atoms with Crippen molar-refractivity contribution in [1.29, 1.82) is 0 Å². The maximum absolute atomic E-state index is 12.3. The molecule has 1 fully saturated rings. The lowest BCUT2D eigenvalue weighted by molar-refractivity contribution is -0.0862. The highest BCUT2D eigenvalue weighted by Gasteiger charge is 2.43. The molecule has 1 aromatic heterocycles. The lowest BCUT2D eigenvalue weighted by atomic mass is 9.89. The number of amides is 1. The summed E-state index contributed by atoms with van der Waals surface area (Å²) in [5, 5.41) is 10.1. The van der Waals surface area contributed by atoms with Crippen LogP contribution in [0.5, 0.6) is 0 Å². The van der Waals surface area contributed by atoms with Crippen LogP contribution < -0.4 is 5.73 Å². The molecule has 0 radical (unpaired) electrons. The van der Waals surface area contributed by atoms with Crippen molar-refractivity contribution in [3.63, 3.8) is 0 Å². The molecule has 0 saturated carbocycles. The van der Waals surface area contributed by atoms with E-state index >= 15 is 0 Å². The molecule has 1 amide bonds. The number of carbonyl (C=O) groups is 1. The van der Waals surface area contributed by atoms with Crippen molar-refractivity contribution in [1.82, 2.24) is 9.47 Å². The van der Waals surface area contributed by atoms with Crippen LogP contribution in [-0.4, -0.2) is 39.2 Å². The number of aromatic nitrogens is 1. The molecule has 3 N–H and O–H groups in total. The van der Waals surface area contributed by atoms with Crippen LogP contribution in [0, 0.1) is 0 Å². The molecule has 1 saturated heterocycles. The molecule has 2 heterocycles. The fraction of sp³-hybridized carbons (Fsp3) is 0.615. The molecule has 1 aliphatic rings. The quantitative estimate of drug-likeness (QED) is 0.841. The first-order valence-corrected chi connectivity index (χ1v) is 6.46. The minimum absolute atomic E-state index is 0.0469. The lowest BCUT2D eigenvalue weighted by Crippen LogP contribution is -2.63. The van der Waals surface area contributed by atoms with Crippen molar-refractivity contribution in [3.8, 4) is 0 Å². The van der Waals surface area contributed by atoms with Gasteiger partial charge in [-0.25, -0.2) is 0 Å². The number of nitrogens with two attached hydrogens (primary N) is 1. The van der Waals surface area contributed by atoms with Gasteiger partial charge in [0.1, 0.15) is 5.69 Å². The maximum atomic E-state index is 12.3. The average Bonchev–Trinajstić information content (AvgIpc) is 2.66. The summed E-state index contributed by atoms with van der Waals surface area (Å²) in [5.74, 6) is -0.0469. The molecule has 0 bridgehead atoms. The number of likely N-dealkylation sites (tertiary alicyclic amines) is 1. The topological polar surface area (TPSA) is 71.5 Å². The Labute approximate surface area is 107 Å². The second-order valence-electron chi connectivity index (χ2n) is 5.08. The molecule has 100 valence electrons. The van der Waals surface area contributed by atoms with E-state index in [2.05, 4.69) is 0 Å². The Morgan fingerprint density at radius 2 is 2.17 bits per heavy atom. The summed E-state index contributed by atoms with van der Waals surface area (Å²) < 4.78 is 1.84. The van der Waals surface area contributed by atoms with E-state index in [9.17, 15) is 9.90 Å². The van der Waals surface area contributed by atoms with Gasteiger partial charge >= 0.3 is 0 Å². The van der Waals surface area contributed by atoms with E-state index in [0.29, 0.717) is 31.0 Å². The van der Waals surface area contributed by atoms with E-state index in [1.807, 2.05) is 18.4 Å². The van der Waals surface area contributed by atoms with E-state index < -0.39 is 5.60 Å². The SMILES string of the molecule is CCCC1(O)CN(C(=O)c2cc(N)cn2CC)C1. The van der Waals surface area contributed by atoms with Gasteiger partial charge in [-0.05, 0) is 19.4 Å². The van der Waals surface area contributed by atoms with Crippen LogP contribution in [-0.2, 0) is 6.54 Å². The molecular weight excluding hydrogens is 230 g/mol. The molecule has 18 heavy (non-hydrogen) atoms. The van der Waals surface area contributed by atoms with Gasteiger partial charge in [0, 0.05) is 12.7 Å². The first kappa shape index (κ1) is 13.0. The number of rotatable bonds is 4. The van der Waals surface area contributed by atoms with Crippen molar-refractivity contribution in [2.24, 2.45) is 0 Å². The molecule has 0 atom stereocenters. The van der Waals surface area contributed by atoms with Crippen LogP contribution in [0.3, 0.4) is 0 Å². The van der Waals surface area contributed by atoms with Crippen LogP contribution in [0.15, 0.2) is 12.3 Å². The van der Waals surface area contributed by atoms with Crippen molar-refractivity contribution in [3.05, 3.63) is 18.0 Å². The summed E-state index contributed by atoms with van der Waals surface area (Å²) in [6, 6.07) is 1.70. The second kappa shape index (κ2) is 4.65. The molecule has 0 aromatic carbocycles. The van der Waals surface area contributed by atoms with Crippen LogP contribution >= 0.6 is 0 Å². The van der Waals surface area contributed by atoms with Crippen LogP contribution in [0.1, 0.15) is 37.2 Å². The largest absolute Gasteiger partial charge is 0.397 e. The van der Waals surface area contributed by atoms with Crippen molar-refractivity contribution < 1.29 is 9.90 Å². The van der Waals surface area contributed by atoms with Gasteiger partial charge < -0.3 is 20.3 Å². The highest BCUT2D eigenvalue weighted by Crippen LogP contribution is 2.27. The van der Waals surface area contributed by atoms with Gasteiger partial charge in [-0.1, -0.05) is 13.3 Å². The Morgan fingerprint density at radius 1 is 1.50 bits per heavy atom. The molecule has 5 heteroatoms. The summed E-state index contributed by atoms with van der Waals surface area (Å²) in [4.78, 5) is 13.9. The van der Waals surface area contributed by atoms with Gasteiger partial charge in [0.05, 0.1) is 24.4 Å². The number of anilines is 1. The van der Waals surface area contributed by atoms with Gasteiger partial charge in [-0.3, -0.25) is 4.79 Å². The average molecular weight is 251 g/mol. The van der Waals surface area contributed by atoms with E-state index in [0.717, 1.165) is 12.8 Å². The minimum Gasteiger partial charge on any atom is -0.397 e. The van der Waals surface area contributed by atoms with E-state index in [1.54, 1.807) is 17.2 Å². The molecule has 0 unspecified atom stereocenters. The van der Waals surface area contributed by atoms with Crippen molar-refractivity contribution in [2.45, 2.75) is 38.8 Å². The summed E-state index contributed by atoms with van der Waals surface area (Å²) in [5.41, 5.74) is 6.24. The Kier molecular flexibility index (Phi) is 3.34. The van der Waals surface area contributed by atoms with Crippen LogP contribution in [0.2, 0.25) is 0 Å². The summed E-state index contributed by atoms with van der Waals surface area (Å²) in [6.45, 7) is 5.57. The Bertz CT molecular complexity index is 447. The number of nitrogens with zero attached hydrogens (tertiary/aromatic N) is 2. The first-order chi connectivity index (χ1) is 8.49. The number of nitrogen functional groups attached to an aromatic ring is 1. The summed E-state index contributed by atoms with van der Waals surface area (Å²) >= 11 is 0. The number of aryl methyl sites for hydroxylation is 1. The van der Waals surface area contributed by atoms with Crippen molar-refractivity contribution in [2.75, 3.05) is 18.8 Å². The molecule has 5 nitrogen and oxygen atoms in total. The van der Waals surface area contributed by atoms with E-state index in [1.165, 1.54) is 0 Å². The van der Waals surface area contributed by atoms with E-state index in [4.69, 9.17) is 5.73 Å². The zero-order valence-corrected chi connectivity index (χ0v) is 11.0. The third-order valence-corrected chi connectivity index (χ3v) is 3.45. The molecule has 2 rings (SSSR count). The zero-order valence-electron chi connectivity index (χ0n) is 11.0. The predicted molar refractivity (Wildman–Crippen MR) is 70.3 cm³/mol. The number of hydrogen-bond donors (Lipinski definition) is 2.